The minimum absolute atomic E-state index is 0.102. The number of ether oxygens (including phenoxy) is 1. The predicted molar refractivity (Wildman–Crippen MR) is 167 cm³/mol. The van der Waals surface area contributed by atoms with Crippen LogP contribution in [0.25, 0.3) is 0 Å². The number of anilines is 1. The van der Waals surface area contributed by atoms with Crippen molar-refractivity contribution in [3.8, 4) is 11.8 Å². The number of carbonyl (C=O) groups excluding carboxylic acids is 4. The summed E-state index contributed by atoms with van der Waals surface area (Å²) in [4.78, 5) is 48.4. The highest BCUT2D eigenvalue weighted by Gasteiger charge is 2.27. The summed E-state index contributed by atoms with van der Waals surface area (Å²) in [5.74, 6) is 0.0479. The molecule has 0 unspecified atom stereocenters. The van der Waals surface area contributed by atoms with Crippen LogP contribution in [0.5, 0.6) is 5.75 Å². The van der Waals surface area contributed by atoms with Gasteiger partial charge in [0.25, 0.3) is 0 Å². The molecule has 9 nitrogen and oxygen atoms in total. The van der Waals surface area contributed by atoms with Crippen LogP contribution in [0, 0.1) is 30.0 Å². The molecule has 2 fully saturated rings. The monoisotopic (exact) mass is 612 g/mol. The van der Waals surface area contributed by atoms with Gasteiger partial charge >= 0.3 is 0 Å². The molecule has 0 saturated carbocycles. The number of imide groups is 1. The van der Waals surface area contributed by atoms with Crippen LogP contribution in [0.4, 0.5) is 10.1 Å². The first-order valence-corrected chi connectivity index (χ1v) is 15.0. The van der Waals surface area contributed by atoms with E-state index in [1.165, 1.54) is 6.07 Å². The van der Waals surface area contributed by atoms with E-state index in [0.717, 1.165) is 28.8 Å². The van der Waals surface area contributed by atoms with Gasteiger partial charge in [0.05, 0.1) is 17.3 Å². The lowest BCUT2D eigenvalue weighted by Gasteiger charge is -2.33. The van der Waals surface area contributed by atoms with Gasteiger partial charge in [-0.05, 0) is 61.6 Å². The van der Waals surface area contributed by atoms with Crippen LogP contribution in [0.2, 0.25) is 0 Å². The van der Waals surface area contributed by atoms with Gasteiger partial charge in [-0.15, -0.1) is 0 Å². The molecule has 5 rings (SSSR count). The number of amides is 3. The smallest absolute Gasteiger partial charge is 0.226 e. The van der Waals surface area contributed by atoms with Crippen LogP contribution in [0.1, 0.15) is 64.7 Å². The van der Waals surface area contributed by atoms with E-state index in [1.54, 1.807) is 24.1 Å². The lowest BCUT2D eigenvalue weighted by Crippen LogP contribution is -2.36. The summed E-state index contributed by atoms with van der Waals surface area (Å²) in [5.41, 5.74) is 4.40. The molecule has 10 heteroatoms. The number of aryl methyl sites for hydroxylation is 1. The molecular weight excluding hydrogens is 575 g/mol. The molecule has 2 heterocycles. The van der Waals surface area contributed by atoms with Crippen molar-refractivity contribution in [3.05, 3.63) is 94.3 Å². The molecular formula is C35H37FN4O5. The maximum Gasteiger partial charge on any atom is 0.226 e. The molecule has 0 radical (unpaired) electrons. The molecule has 2 aliphatic heterocycles. The maximum atomic E-state index is 14.4. The Labute approximate surface area is 262 Å². The van der Waals surface area contributed by atoms with Gasteiger partial charge in [-0.2, -0.15) is 5.26 Å². The van der Waals surface area contributed by atoms with E-state index in [4.69, 9.17) is 10.00 Å². The Bertz CT molecular complexity index is 1560. The topological polar surface area (TPSA) is 120 Å². The second-order valence-corrected chi connectivity index (χ2v) is 11.3. The van der Waals surface area contributed by atoms with Crippen molar-refractivity contribution >= 4 is 29.7 Å². The number of nitriles is 1. The molecule has 3 amide bonds. The lowest BCUT2D eigenvalue weighted by atomic mass is 9.88. The van der Waals surface area contributed by atoms with Gasteiger partial charge in [-0.3, -0.25) is 24.5 Å². The Morgan fingerprint density at radius 2 is 1.78 bits per heavy atom. The standard InChI is InChI=1S/C30H30FN3O3.C5H7NO2/c1-21-4-3-5-29(26(21)18-33(2)20-35)37-19-22-6-9-24(10-7-22)30(36)25-12-14-34(15-13-25)28-11-8-23(17-32)16-27(28)31;7-4-2-1-3-5(8)6-4/h3-11,16,20,25H,12-15,18-19H2,1-2H3;1-3H2,(H,6,7,8). The fourth-order valence-corrected chi connectivity index (χ4v) is 5.37. The first kappa shape index (κ1) is 32.9. The van der Waals surface area contributed by atoms with Crippen LogP contribution < -0.4 is 15.0 Å². The van der Waals surface area contributed by atoms with E-state index in [9.17, 15) is 23.6 Å². The summed E-state index contributed by atoms with van der Waals surface area (Å²) in [6.07, 6.45) is 3.81. The van der Waals surface area contributed by atoms with E-state index >= 15 is 0 Å². The van der Waals surface area contributed by atoms with E-state index < -0.39 is 5.82 Å². The summed E-state index contributed by atoms with van der Waals surface area (Å²) >= 11 is 0. The molecule has 0 bridgehead atoms. The molecule has 45 heavy (non-hydrogen) atoms. The van der Waals surface area contributed by atoms with Crippen LogP contribution in [0.3, 0.4) is 0 Å². The second kappa shape index (κ2) is 15.6. The molecule has 2 aliphatic rings. The number of rotatable bonds is 9. The largest absolute Gasteiger partial charge is 0.489 e. The quantitative estimate of drug-likeness (QED) is 0.203. The fraction of sp³-hybridized carbons (Fsp3) is 0.343. The van der Waals surface area contributed by atoms with Gasteiger partial charge < -0.3 is 14.5 Å². The molecule has 3 aromatic rings. The van der Waals surface area contributed by atoms with Crippen LogP contribution >= 0.6 is 0 Å². The highest BCUT2D eigenvalue weighted by molar-refractivity contribution is 5.98. The van der Waals surface area contributed by atoms with Crippen molar-refractivity contribution in [2.45, 2.75) is 52.2 Å². The maximum absolute atomic E-state index is 14.4. The highest BCUT2D eigenvalue weighted by atomic mass is 19.1. The summed E-state index contributed by atoms with van der Waals surface area (Å²) in [6.45, 7) is 3.99. The SMILES string of the molecule is Cc1cccc(OCc2ccc(C(=O)C3CCN(c4ccc(C#N)cc4F)CC3)cc2)c1CN(C)C=O.O=C1CCCC(=O)N1. The Morgan fingerprint density at radius 1 is 1.09 bits per heavy atom. The molecule has 3 aromatic carbocycles. The zero-order valence-corrected chi connectivity index (χ0v) is 25.6. The third-order valence-electron chi connectivity index (χ3n) is 7.96. The number of benzene rings is 3. The third-order valence-corrected chi connectivity index (χ3v) is 7.96. The fourth-order valence-electron chi connectivity index (χ4n) is 5.37. The minimum atomic E-state index is -0.407. The number of carbonyl (C=O) groups is 4. The zero-order valence-electron chi connectivity index (χ0n) is 25.6. The van der Waals surface area contributed by atoms with Gasteiger partial charge in [0.15, 0.2) is 5.78 Å². The van der Waals surface area contributed by atoms with Crippen molar-refractivity contribution in [2.75, 3.05) is 25.0 Å². The number of Topliss-reactive ketones (excluding diaryl/α,β-unsaturated/α-hetero) is 1. The summed E-state index contributed by atoms with van der Waals surface area (Å²) in [7, 11) is 1.73. The number of halogens is 1. The molecule has 0 spiro atoms. The lowest BCUT2D eigenvalue weighted by molar-refractivity contribution is -0.133. The van der Waals surface area contributed by atoms with E-state index in [0.29, 0.717) is 75.2 Å². The van der Waals surface area contributed by atoms with Crippen molar-refractivity contribution in [1.82, 2.24) is 10.2 Å². The summed E-state index contributed by atoms with van der Waals surface area (Å²) < 4.78 is 20.4. The Morgan fingerprint density at radius 3 is 2.36 bits per heavy atom. The number of piperidine rings is 2. The van der Waals surface area contributed by atoms with Gasteiger partial charge in [0.2, 0.25) is 18.2 Å². The number of hydrogen-bond acceptors (Lipinski definition) is 7. The van der Waals surface area contributed by atoms with Gasteiger partial charge in [-0.1, -0.05) is 36.4 Å². The van der Waals surface area contributed by atoms with E-state index in [2.05, 4.69) is 5.32 Å². The molecule has 0 atom stereocenters. The Kier molecular flexibility index (Phi) is 11.4. The zero-order chi connectivity index (χ0) is 32.3. The van der Waals surface area contributed by atoms with Crippen molar-refractivity contribution in [3.63, 3.8) is 0 Å². The van der Waals surface area contributed by atoms with Crippen LogP contribution in [-0.2, 0) is 27.5 Å². The van der Waals surface area contributed by atoms with Gasteiger partial charge in [-0.25, -0.2) is 4.39 Å². The van der Waals surface area contributed by atoms with E-state index in [-0.39, 0.29) is 23.5 Å². The molecule has 0 aliphatic carbocycles. The van der Waals surface area contributed by atoms with Crippen molar-refractivity contribution in [1.29, 1.82) is 5.26 Å². The van der Waals surface area contributed by atoms with Crippen molar-refractivity contribution in [2.24, 2.45) is 5.92 Å². The second-order valence-electron chi connectivity index (χ2n) is 11.3. The molecule has 2 saturated heterocycles. The average molecular weight is 613 g/mol. The minimum Gasteiger partial charge on any atom is -0.489 e. The molecule has 234 valence electrons. The number of hydrogen-bond donors (Lipinski definition) is 1. The van der Waals surface area contributed by atoms with Crippen molar-refractivity contribution < 1.29 is 28.3 Å². The molecule has 1 N–H and O–H groups in total. The summed E-state index contributed by atoms with van der Waals surface area (Å²) in [5, 5.41) is 11.1. The van der Waals surface area contributed by atoms with Gasteiger partial charge in [0.1, 0.15) is 18.2 Å². The first-order valence-electron chi connectivity index (χ1n) is 15.0. The first-order chi connectivity index (χ1) is 21.7. The Balaban J connectivity index is 0.000000501. The third kappa shape index (κ3) is 8.99. The molecule has 0 aromatic heterocycles. The summed E-state index contributed by atoms with van der Waals surface area (Å²) in [6, 6.07) is 19.8. The highest BCUT2D eigenvalue weighted by Crippen LogP contribution is 2.29. The normalized spacial score (nSPS) is 14.8. The average Bonchev–Trinajstić information content (AvgIpc) is 3.05. The number of nitrogens with zero attached hydrogens (tertiary/aromatic N) is 3. The number of ketones is 1. The van der Waals surface area contributed by atoms with E-state index in [1.807, 2.05) is 60.4 Å². The van der Waals surface area contributed by atoms with Gasteiger partial charge in [0, 0.05) is 56.6 Å². The number of nitrogens with one attached hydrogen (secondary N) is 1. The Hall–Kier alpha value is -5.04. The predicted octanol–water partition coefficient (Wildman–Crippen LogP) is 5.09. The van der Waals surface area contributed by atoms with Crippen LogP contribution in [0.15, 0.2) is 60.7 Å². The van der Waals surface area contributed by atoms with Crippen LogP contribution in [-0.4, -0.2) is 49.0 Å².